The van der Waals surface area contributed by atoms with Crippen LogP contribution in [0.1, 0.15) is 13.8 Å². The molecule has 0 aliphatic rings. The molecule has 0 heterocycles. The highest BCUT2D eigenvalue weighted by molar-refractivity contribution is 14.1. The third kappa shape index (κ3) is 5.63. The molecule has 0 aromatic carbocycles. The highest BCUT2D eigenvalue weighted by Gasteiger charge is 2.07. The normalized spacial score (nSPS) is 12.0. The van der Waals surface area contributed by atoms with Crippen molar-refractivity contribution >= 4 is 51.9 Å². The van der Waals surface area contributed by atoms with Crippen molar-refractivity contribution in [2.75, 3.05) is 0 Å². The molecule has 0 amide bonds. The summed E-state index contributed by atoms with van der Waals surface area (Å²) >= 11 is 3.52. The van der Waals surface area contributed by atoms with E-state index in [2.05, 4.69) is 11.6 Å². The monoisotopic (exact) mass is 419 g/mol. The molecule has 0 aromatic heterocycles. The Morgan fingerprint density at radius 1 is 1.21 bits per heavy atom. The lowest BCUT2D eigenvalue weighted by molar-refractivity contribution is 0.562. The Hall–Kier alpha value is -0.0500. The first-order valence-electron chi connectivity index (χ1n) is 3.77. The summed E-state index contributed by atoms with van der Waals surface area (Å²) in [6.45, 7) is 7.48. The van der Waals surface area contributed by atoms with Crippen LogP contribution in [0.15, 0.2) is 41.3 Å². The average Bonchev–Trinajstić information content (AvgIpc) is 2.16. The van der Waals surface area contributed by atoms with E-state index in [0.717, 1.165) is 0 Å². The van der Waals surface area contributed by atoms with Gasteiger partial charge in [0.15, 0.2) is 51.8 Å². The maximum atomic E-state index is 5.08. The van der Waals surface area contributed by atoms with Gasteiger partial charge < -0.3 is 6.13 Å². The van der Waals surface area contributed by atoms with E-state index in [4.69, 9.17) is 6.13 Å². The van der Waals surface area contributed by atoms with E-state index < -0.39 is 0 Å². The summed E-state index contributed by atoms with van der Waals surface area (Å²) in [6.07, 6.45) is 5.12. The molecular formula is C9H11I2NO2. The second-order valence-corrected chi connectivity index (χ2v) is 3.43. The Labute approximate surface area is 112 Å². The first kappa shape index (κ1) is 13.9. The molecule has 0 aliphatic heterocycles. The fourth-order valence-electron chi connectivity index (χ4n) is 0.577. The molecule has 0 unspecified atom stereocenters. The number of aliphatic imine (C=N–C) groups is 1. The van der Waals surface area contributed by atoms with Gasteiger partial charge in [0.25, 0.3) is 5.90 Å². The van der Waals surface area contributed by atoms with E-state index in [-0.39, 0.29) is 0 Å². The van der Waals surface area contributed by atoms with E-state index in [1.165, 1.54) is 11.8 Å². The Morgan fingerprint density at radius 2 is 1.86 bits per heavy atom. The lowest BCUT2D eigenvalue weighted by Gasteiger charge is -2.02. The third-order valence-corrected chi connectivity index (χ3v) is 2.04. The summed E-state index contributed by atoms with van der Waals surface area (Å²) < 4.78 is 10.1. The number of allylic oxidation sites excluding steroid dienone is 3. The van der Waals surface area contributed by atoms with Crippen molar-refractivity contribution in [3.63, 3.8) is 0 Å². The SMILES string of the molecule is C=C/N=C(OI)\C(=C/C=C(C)C)OI. The molecule has 0 spiro atoms. The zero-order valence-electron chi connectivity index (χ0n) is 7.96. The molecule has 0 atom stereocenters. The van der Waals surface area contributed by atoms with Gasteiger partial charge in [-0.05, 0) is 19.9 Å². The molecule has 0 aliphatic carbocycles. The number of halogens is 2. The zero-order chi connectivity index (χ0) is 11.0. The summed E-state index contributed by atoms with van der Waals surface area (Å²) in [7, 11) is 0. The van der Waals surface area contributed by atoms with Gasteiger partial charge in [0.05, 0.1) is 0 Å². The average molecular weight is 419 g/mol. The van der Waals surface area contributed by atoms with Crippen LogP contribution < -0.4 is 0 Å². The summed E-state index contributed by atoms with van der Waals surface area (Å²) in [6, 6.07) is 0. The summed E-state index contributed by atoms with van der Waals surface area (Å²) in [5, 5.41) is 0. The standard InChI is InChI=1S/C9H11I2NO2/c1-4-12-9(14-11)8(13-10)6-5-7(2)3/h4-6H,1H2,2-3H3/b8-6+,12-9+. The quantitative estimate of drug-likeness (QED) is 0.226. The van der Waals surface area contributed by atoms with Crippen molar-refractivity contribution in [3.8, 4) is 0 Å². The van der Waals surface area contributed by atoms with Gasteiger partial charge in [0, 0.05) is 6.20 Å². The largest absolute Gasteiger partial charge is 0.422 e. The molecule has 0 saturated carbocycles. The van der Waals surface area contributed by atoms with Crippen LogP contribution >= 0.6 is 46.0 Å². The molecule has 78 valence electrons. The Morgan fingerprint density at radius 3 is 2.21 bits per heavy atom. The molecule has 0 rings (SSSR count). The minimum atomic E-state index is 0.396. The van der Waals surface area contributed by atoms with Crippen molar-refractivity contribution in [2.24, 2.45) is 4.99 Å². The molecule has 5 heteroatoms. The van der Waals surface area contributed by atoms with Crippen molar-refractivity contribution in [1.82, 2.24) is 0 Å². The molecule has 0 fully saturated rings. The molecule has 14 heavy (non-hydrogen) atoms. The van der Waals surface area contributed by atoms with Crippen molar-refractivity contribution in [1.29, 1.82) is 0 Å². The van der Waals surface area contributed by atoms with Gasteiger partial charge in [-0.1, -0.05) is 18.2 Å². The first-order chi connectivity index (χ1) is 6.65. The van der Waals surface area contributed by atoms with Crippen LogP contribution in [0.2, 0.25) is 0 Å². The van der Waals surface area contributed by atoms with Gasteiger partial charge in [0.1, 0.15) is 0 Å². The zero-order valence-corrected chi connectivity index (χ0v) is 12.3. The second kappa shape index (κ2) is 8.27. The van der Waals surface area contributed by atoms with Crippen LogP contribution in [-0.2, 0) is 6.13 Å². The third-order valence-electron chi connectivity index (χ3n) is 1.14. The van der Waals surface area contributed by atoms with Crippen molar-refractivity contribution in [2.45, 2.75) is 13.8 Å². The fraction of sp³-hybridized carbons (Fsp3) is 0.222. The molecule has 3 nitrogen and oxygen atoms in total. The molecular weight excluding hydrogens is 408 g/mol. The Bertz CT molecular complexity index is 279. The van der Waals surface area contributed by atoms with Gasteiger partial charge in [0.2, 0.25) is 0 Å². The summed E-state index contributed by atoms with van der Waals surface area (Å²) in [5.74, 6) is 0.952. The van der Waals surface area contributed by atoms with E-state index >= 15 is 0 Å². The first-order valence-corrected chi connectivity index (χ1v) is 5.53. The Kier molecular flexibility index (Phi) is 8.24. The smallest absolute Gasteiger partial charge is 0.268 e. The predicted molar refractivity (Wildman–Crippen MR) is 75.4 cm³/mol. The van der Waals surface area contributed by atoms with E-state index in [1.54, 1.807) is 52.1 Å². The van der Waals surface area contributed by atoms with Crippen LogP contribution in [0.4, 0.5) is 0 Å². The van der Waals surface area contributed by atoms with Gasteiger partial charge in [-0.25, -0.2) is 4.99 Å². The highest BCUT2D eigenvalue weighted by Crippen LogP contribution is 2.11. The lowest BCUT2D eigenvalue weighted by atomic mass is 10.3. The van der Waals surface area contributed by atoms with Crippen LogP contribution in [0.5, 0.6) is 0 Å². The molecule has 0 bridgehead atoms. The maximum absolute atomic E-state index is 5.08. The van der Waals surface area contributed by atoms with E-state index in [0.29, 0.717) is 11.7 Å². The van der Waals surface area contributed by atoms with Crippen molar-refractivity contribution in [3.05, 3.63) is 36.3 Å². The number of rotatable bonds is 4. The number of hydrogen-bond acceptors (Lipinski definition) is 3. The van der Waals surface area contributed by atoms with E-state index in [9.17, 15) is 0 Å². The molecule has 0 aromatic rings. The van der Waals surface area contributed by atoms with Gasteiger partial charge >= 0.3 is 0 Å². The predicted octanol–water partition coefficient (Wildman–Crippen LogP) is 4.11. The molecule has 0 N–H and O–H groups in total. The fourth-order valence-corrected chi connectivity index (χ4v) is 1.24. The van der Waals surface area contributed by atoms with Crippen LogP contribution in [-0.4, -0.2) is 5.90 Å². The summed E-state index contributed by atoms with van der Waals surface area (Å²) in [4.78, 5) is 3.92. The molecule has 0 radical (unpaired) electrons. The van der Waals surface area contributed by atoms with Crippen LogP contribution in [0.25, 0.3) is 0 Å². The Balaban J connectivity index is 4.86. The summed E-state index contributed by atoms with van der Waals surface area (Å²) in [5.41, 5.74) is 1.17. The molecule has 0 saturated heterocycles. The van der Waals surface area contributed by atoms with Crippen molar-refractivity contribution < 1.29 is 6.13 Å². The highest BCUT2D eigenvalue weighted by atomic mass is 127. The minimum absolute atomic E-state index is 0.396. The van der Waals surface area contributed by atoms with Gasteiger partial charge in [-0.3, -0.25) is 0 Å². The van der Waals surface area contributed by atoms with E-state index in [1.807, 2.05) is 19.9 Å². The van der Waals surface area contributed by atoms with Gasteiger partial charge in [-0.15, -0.1) is 0 Å². The van der Waals surface area contributed by atoms with Crippen LogP contribution in [0.3, 0.4) is 0 Å². The maximum Gasteiger partial charge on any atom is 0.268 e. The second-order valence-electron chi connectivity index (χ2n) is 2.55. The number of hydrogen-bond donors (Lipinski definition) is 0. The number of nitrogens with zero attached hydrogens (tertiary/aromatic N) is 1. The minimum Gasteiger partial charge on any atom is -0.422 e. The topological polar surface area (TPSA) is 30.8 Å². The van der Waals surface area contributed by atoms with Crippen LogP contribution in [0, 0.1) is 0 Å². The lowest BCUT2D eigenvalue weighted by Crippen LogP contribution is -2.01. The van der Waals surface area contributed by atoms with Gasteiger partial charge in [-0.2, -0.15) is 0 Å².